The Bertz CT molecular complexity index is 1050. The number of aromatic nitrogens is 2. The number of thiophene rings is 1. The molecule has 3 aromatic rings. The lowest BCUT2D eigenvalue weighted by atomic mass is 9.98. The number of nitrogens with one attached hydrogen (secondary N) is 1. The van der Waals surface area contributed by atoms with Gasteiger partial charge in [0.25, 0.3) is 5.91 Å². The van der Waals surface area contributed by atoms with E-state index >= 15 is 0 Å². The molecule has 7 heteroatoms. The number of carbonyl (C=O) groups excluding carboxylic acids is 2. The average molecular weight is 338 g/mol. The molecule has 1 aromatic carbocycles. The zero-order chi connectivity index (χ0) is 17.2. The fraction of sp³-hybridized carbons (Fsp3) is 0.118. The van der Waals surface area contributed by atoms with Crippen LogP contribution in [0.5, 0.6) is 0 Å². The van der Waals surface area contributed by atoms with E-state index < -0.39 is 5.91 Å². The van der Waals surface area contributed by atoms with Crippen LogP contribution >= 0.6 is 11.3 Å². The average Bonchev–Trinajstić information content (AvgIpc) is 3.15. The minimum Gasteiger partial charge on any atom is -0.398 e. The Kier molecular flexibility index (Phi) is 2.92. The SMILES string of the molecule is Cc1cc(-c2n[nH]c3c2C(=O)c2c-3ccc(N)c2C(N)=O)c(C)s1. The second-order valence-electron chi connectivity index (χ2n) is 5.79. The van der Waals surface area contributed by atoms with Crippen LogP contribution in [-0.4, -0.2) is 21.9 Å². The number of hydrogen-bond acceptors (Lipinski definition) is 5. The van der Waals surface area contributed by atoms with E-state index in [2.05, 4.69) is 10.2 Å². The molecule has 2 heterocycles. The van der Waals surface area contributed by atoms with Gasteiger partial charge in [-0.15, -0.1) is 11.3 Å². The van der Waals surface area contributed by atoms with Crippen LogP contribution in [0.1, 0.15) is 36.0 Å². The predicted molar refractivity (Wildman–Crippen MR) is 93.2 cm³/mol. The van der Waals surface area contributed by atoms with Crippen molar-refractivity contribution < 1.29 is 9.59 Å². The van der Waals surface area contributed by atoms with Crippen LogP contribution in [0.15, 0.2) is 18.2 Å². The maximum atomic E-state index is 13.0. The largest absolute Gasteiger partial charge is 0.398 e. The molecule has 0 atom stereocenters. The molecule has 0 aliphatic heterocycles. The molecular formula is C17H14N4O2S. The van der Waals surface area contributed by atoms with Crippen molar-refractivity contribution >= 4 is 28.7 Å². The number of fused-ring (bicyclic) bond motifs is 3. The van der Waals surface area contributed by atoms with E-state index in [0.717, 1.165) is 15.3 Å². The molecule has 0 fully saturated rings. The Labute approximate surface area is 141 Å². The van der Waals surface area contributed by atoms with Crippen molar-refractivity contribution in [1.29, 1.82) is 0 Å². The molecule has 0 saturated heterocycles. The number of aryl methyl sites for hydroxylation is 2. The number of nitrogen functional groups attached to an aromatic ring is 1. The van der Waals surface area contributed by atoms with Crippen LogP contribution in [0, 0.1) is 13.8 Å². The van der Waals surface area contributed by atoms with Crippen molar-refractivity contribution in [2.75, 3.05) is 5.73 Å². The lowest BCUT2D eigenvalue weighted by Gasteiger charge is -2.07. The standard InChI is InChI=1S/C17H14N4O2S/c1-6-5-9(7(2)24-6)15-13-14(20-21-15)8-3-4-10(18)12(17(19)23)11(8)16(13)22/h3-5H,18H2,1-2H3,(H2,19,23)(H,20,21). The number of ketones is 1. The number of nitrogens with zero attached hydrogens (tertiary/aromatic N) is 1. The van der Waals surface area contributed by atoms with Gasteiger partial charge in [0.1, 0.15) is 5.69 Å². The van der Waals surface area contributed by atoms with Gasteiger partial charge in [-0.1, -0.05) is 0 Å². The topological polar surface area (TPSA) is 115 Å². The van der Waals surface area contributed by atoms with Gasteiger partial charge in [-0.2, -0.15) is 5.10 Å². The highest BCUT2D eigenvalue weighted by Crippen LogP contribution is 2.44. The van der Waals surface area contributed by atoms with E-state index in [1.807, 2.05) is 19.9 Å². The number of anilines is 1. The Balaban J connectivity index is 2.00. The van der Waals surface area contributed by atoms with Crippen molar-refractivity contribution in [2.24, 2.45) is 5.73 Å². The maximum absolute atomic E-state index is 13.0. The van der Waals surface area contributed by atoms with Gasteiger partial charge in [0.15, 0.2) is 5.78 Å². The van der Waals surface area contributed by atoms with Crippen LogP contribution < -0.4 is 11.5 Å². The molecule has 120 valence electrons. The first kappa shape index (κ1) is 14.6. The highest BCUT2D eigenvalue weighted by Gasteiger charge is 2.37. The maximum Gasteiger partial charge on any atom is 0.251 e. The Morgan fingerprint density at radius 2 is 1.96 bits per heavy atom. The second kappa shape index (κ2) is 4.78. The number of carbonyl (C=O) groups is 2. The van der Waals surface area contributed by atoms with E-state index in [-0.39, 0.29) is 22.6 Å². The summed E-state index contributed by atoms with van der Waals surface area (Å²) in [5.41, 5.74) is 15.0. The van der Waals surface area contributed by atoms with Gasteiger partial charge in [0, 0.05) is 32.1 Å². The number of amides is 1. The predicted octanol–water partition coefficient (Wildman–Crippen LogP) is 2.65. The summed E-state index contributed by atoms with van der Waals surface area (Å²) in [7, 11) is 0. The zero-order valence-corrected chi connectivity index (χ0v) is 13.9. The number of hydrogen-bond donors (Lipinski definition) is 3. The van der Waals surface area contributed by atoms with E-state index in [0.29, 0.717) is 22.5 Å². The number of primary amides is 1. The third-order valence-corrected chi connectivity index (χ3v) is 5.24. The van der Waals surface area contributed by atoms with Crippen molar-refractivity contribution in [3.05, 3.63) is 44.6 Å². The van der Waals surface area contributed by atoms with Crippen LogP contribution in [0.4, 0.5) is 5.69 Å². The van der Waals surface area contributed by atoms with Gasteiger partial charge < -0.3 is 11.5 Å². The quantitative estimate of drug-likeness (QED) is 0.487. The van der Waals surface area contributed by atoms with E-state index in [4.69, 9.17) is 11.5 Å². The summed E-state index contributed by atoms with van der Waals surface area (Å²) in [6.45, 7) is 4.00. The third-order valence-electron chi connectivity index (χ3n) is 4.27. The zero-order valence-electron chi connectivity index (χ0n) is 13.1. The van der Waals surface area contributed by atoms with E-state index in [1.54, 1.807) is 23.5 Å². The van der Waals surface area contributed by atoms with Crippen molar-refractivity contribution in [3.8, 4) is 22.5 Å². The van der Waals surface area contributed by atoms with Crippen LogP contribution in [0.2, 0.25) is 0 Å². The summed E-state index contributed by atoms with van der Waals surface area (Å²) < 4.78 is 0. The molecule has 6 nitrogen and oxygen atoms in total. The molecular weight excluding hydrogens is 324 g/mol. The van der Waals surface area contributed by atoms with E-state index in [1.165, 1.54) is 0 Å². The van der Waals surface area contributed by atoms with Gasteiger partial charge in [-0.25, -0.2) is 0 Å². The lowest BCUT2D eigenvalue weighted by molar-refractivity contribution is 0.0983. The van der Waals surface area contributed by atoms with Crippen molar-refractivity contribution in [2.45, 2.75) is 13.8 Å². The minimum absolute atomic E-state index is 0.0753. The van der Waals surface area contributed by atoms with Crippen molar-refractivity contribution in [1.82, 2.24) is 10.2 Å². The Morgan fingerprint density at radius 1 is 1.21 bits per heavy atom. The molecule has 2 aromatic heterocycles. The number of nitrogens with two attached hydrogens (primary N) is 2. The summed E-state index contributed by atoms with van der Waals surface area (Å²) in [5, 5.41) is 7.28. The van der Waals surface area contributed by atoms with Crippen LogP contribution in [0.3, 0.4) is 0 Å². The molecule has 0 unspecified atom stereocenters. The number of benzene rings is 1. The molecule has 24 heavy (non-hydrogen) atoms. The highest BCUT2D eigenvalue weighted by atomic mass is 32.1. The lowest BCUT2D eigenvalue weighted by Crippen LogP contribution is -2.18. The first-order valence-electron chi connectivity index (χ1n) is 7.33. The monoisotopic (exact) mass is 338 g/mol. The van der Waals surface area contributed by atoms with Crippen molar-refractivity contribution in [3.63, 3.8) is 0 Å². The number of H-pyrrole nitrogens is 1. The Morgan fingerprint density at radius 3 is 2.58 bits per heavy atom. The molecule has 0 spiro atoms. The van der Waals surface area contributed by atoms with Gasteiger partial charge in [0.2, 0.25) is 0 Å². The molecule has 0 saturated carbocycles. The Hall–Kier alpha value is -2.93. The molecule has 0 radical (unpaired) electrons. The van der Waals surface area contributed by atoms with Gasteiger partial charge in [-0.05, 0) is 32.0 Å². The second-order valence-corrected chi connectivity index (χ2v) is 7.26. The summed E-state index contributed by atoms with van der Waals surface area (Å²) in [5.74, 6) is -0.979. The van der Waals surface area contributed by atoms with Crippen LogP contribution in [0.25, 0.3) is 22.5 Å². The number of aromatic amines is 1. The fourth-order valence-corrected chi connectivity index (χ4v) is 4.20. The summed E-state index contributed by atoms with van der Waals surface area (Å²) in [6.07, 6.45) is 0. The molecule has 1 amide bonds. The van der Waals surface area contributed by atoms with Gasteiger partial charge in [-0.3, -0.25) is 14.7 Å². The summed E-state index contributed by atoms with van der Waals surface area (Å²) >= 11 is 1.65. The minimum atomic E-state index is -0.708. The van der Waals surface area contributed by atoms with Gasteiger partial charge in [0.05, 0.1) is 16.8 Å². The summed E-state index contributed by atoms with van der Waals surface area (Å²) in [4.78, 5) is 27.0. The normalized spacial score (nSPS) is 12.3. The third kappa shape index (κ3) is 1.78. The van der Waals surface area contributed by atoms with Gasteiger partial charge >= 0.3 is 0 Å². The fourth-order valence-electron chi connectivity index (χ4n) is 3.27. The smallest absolute Gasteiger partial charge is 0.251 e. The molecule has 4 rings (SSSR count). The molecule has 5 N–H and O–H groups in total. The summed E-state index contributed by atoms with van der Waals surface area (Å²) in [6, 6.07) is 5.31. The first-order valence-corrected chi connectivity index (χ1v) is 8.15. The first-order chi connectivity index (χ1) is 11.4. The molecule has 0 bridgehead atoms. The van der Waals surface area contributed by atoms with E-state index in [9.17, 15) is 9.59 Å². The number of rotatable bonds is 2. The molecule has 1 aliphatic rings. The highest BCUT2D eigenvalue weighted by molar-refractivity contribution is 7.12. The van der Waals surface area contributed by atoms with Crippen LogP contribution in [-0.2, 0) is 0 Å². The molecule has 1 aliphatic carbocycles.